The van der Waals surface area contributed by atoms with Crippen molar-refractivity contribution in [2.75, 3.05) is 32.2 Å². The van der Waals surface area contributed by atoms with Crippen molar-refractivity contribution in [2.24, 2.45) is 0 Å². The maximum atomic E-state index is 12.2. The van der Waals surface area contributed by atoms with Crippen molar-refractivity contribution >= 4 is 40.3 Å². The lowest BCUT2D eigenvalue weighted by atomic mass is 10.1. The van der Waals surface area contributed by atoms with E-state index in [2.05, 4.69) is 5.32 Å². The van der Waals surface area contributed by atoms with Crippen LogP contribution in [0.4, 0.5) is 5.00 Å². The Bertz CT molecular complexity index is 1100. The van der Waals surface area contributed by atoms with Crippen LogP contribution in [0.3, 0.4) is 0 Å². The molecule has 0 bridgehead atoms. The molecule has 1 aromatic carbocycles. The molecule has 9 nitrogen and oxygen atoms in total. The highest BCUT2D eigenvalue weighted by atomic mass is 32.1. The summed E-state index contributed by atoms with van der Waals surface area (Å²) in [7, 11) is 1.46. The summed E-state index contributed by atoms with van der Waals surface area (Å²) in [5.74, 6) is -1.02. The molecule has 0 saturated heterocycles. The number of nitriles is 1. The van der Waals surface area contributed by atoms with Crippen LogP contribution in [-0.2, 0) is 19.1 Å². The predicted octanol–water partition coefficient (Wildman–Crippen LogP) is 3.65. The van der Waals surface area contributed by atoms with E-state index in [1.54, 1.807) is 32.0 Å². The van der Waals surface area contributed by atoms with Gasteiger partial charge in [0.25, 0.3) is 5.91 Å². The summed E-state index contributed by atoms with van der Waals surface area (Å²) in [5, 5.41) is 11.6. The molecule has 0 fully saturated rings. The lowest BCUT2D eigenvalue weighted by Gasteiger charge is -2.09. The van der Waals surface area contributed by atoms with Crippen LogP contribution in [0.5, 0.6) is 11.5 Å². The van der Waals surface area contributed by atoms with Crippen LogP contribution in [0.1, 0.15) is 33.3 Å². The highest BCUT2D eigenvalue weighted by Crippen LogP contribution is 2.33. The first-order valence-corrected chi connectivity index (χ1v) is 10.7. The van der Waals surface area contributed by atoms with Crippen molar-refractivity contribution in [3.05, 3.63) is 45.8 Å². The van der Waals surface area contributed by atoms with Gasteiger partial charge < -0.3 is 24.3 Å². The number of rotatable bonds is 10. The minimum absolute atomic E-state index is 0.119. The maximum Gasteiger partial charge on any atom is 0.341 e. The molecule has 1 aromatic heterocycles. The van der Waals surface area contributed by atoms with E-state index in [1.165, 1.54) is 30.6 Å². The second-order valence-electron chi connectivity index (χ2n) is 6.55. The Morgan fingerprint density at radius 2 is 1.94 bits per heavy atom. The zero-order valence-electron chi connectivity index (χ0n) is 18.7. The van der Waals surface area contributed by atoms with Crippen LogP contribution in [0.15, 0.2) is 24.3 Å². The van der Waals surface area contributed by atoms with Crippen LogP contribution in [0.25, 0.3) is 6.08 Å². The van der Waals surface area contributed by atoms with Gasteiger partial charge in [-0.1, -0.05) is 6.07 Å². The number of anilines is 1. The summed E-state index contributed by atoms with van der Waals surface area (Å²) in [4.78, 5) is 37.3. The Balaban J connectivity index is 1.96. The fourth-order valence-corrected chi connectivity index (χ4v) is 3.76. The molecule has 1 N–H and O–H groups in total. The SMILES string of the molecule is CCOC(=O)c1c(NC(=O)COC(=O)C=Cc2ccc(OCC#N)c(OC)c2)sc(C)c1C. The minimum atomic E-state index is -0.724. The zero-order valence-corrected chi connectivity index (χ0v) is 19.5. The van der Waals surface area contributed by atoms with Gasteiger partial charge in [0.15, 0.2) is 24.7 Å². The van der Waals surface area contributed by atoms with E-state index in [0.29, 0.717) is 27.6 Å². The first-order chi connectivity index (χ1) is 15.8. The Kier molecular flexibility index (Phi) is 9.45. The van der Waals surface area contributed by atoms with E-state index in [-0.39, 0.29) is 13.2 Å². The van der Waals surface area contributed by atoms with Crippen molar-refractivity contribution in [1.29, 1.82) is 5.26 Å². The fourth-order valence-electron chi connectivity index (χ4n) is 2.69. The van der Waals surface area contributed by atoms with Gasteiger partial charge >= 0.3 is 11.9 Å². The number of methoxy groups -OCH3 is 1. The lowest BCUT2D eigenvalue weighted by molar-refractivity contribution is -0.142. The number of hydrogen-bond donors (Lipinski definition) is 1. The Labute approximate surface area is 195 Å². The lowest BCUT2D eigenvalue weighted by Crippen LogP contribution is -2.21. The molecule has 0 unspecified atom stereocenters. The number of aryl methyl sites for hydroxylation is 1. The number of carbonyl (C=O) groups is 3. The highest BCUT2D eigenvalue weighted by Gasteiger charge is 2.22. The van der Waals surface area contributed by atoms with Gasteiger partial charge in [-0.3, -0.25) is 4.79 Å². The molecule has 2 aromatic rings. The minimum Gasteiger partial charge on any atom is -0.493 e. The smallest absolute Gasteiger partial charge is 0.341 e. The number of nitrogens with one attached hydrogen (secondary N) is 1. The summed E-state index contributed by atoms with van der Waals surface area (Å²) in [5.41, 5.74) is 1.66. The molecule has 33 heavy (non-hydrogen) atoms. The fraction of sp³-hybridized carbons (Fsp3) is 0.304. The van der Waals surface area contributed by atoms with Crippen molar-refractivity contribution in [3.8, 4) is 17.6 Å². The Morgan fingerprint density at radius 3 is 2.61 bits per heavy atom. The van der Waals surface area contributed by atoms with Crippen molar-refractivity contribution in [3.63, 3.8) is 0 Å². The molecule has 0 radical (unpaired) electrons. The molecule has 0 aliphatic rings. The van der Waals surface area contributed by atoms with Crippen molar-refractivity contribution in [1.82, 2.24) is 0 Å². The molecule has 0 atom stereocenters. The molecule has 174 valence electrons. The number of benzene rings is 1. The number of nitrogens with zero attached hydrogens (tertiary/aromatic N) is 1. The summed E-state index contributed by atoms with van der Waals surface area (Å²) in [6.45, 7) is 4.88. The third-order valence-corrected chi connectivity index (χ3v) is 5.48. The molecule has 0 aliphatic carbocycles. The van der Waals surface area contributed by atoms with E-state index >= 15 is 0 Å². The van der Waals surface area contributed by atoms with Gasteiger partial charge in [-0.05, 0) is 50.1 Å². The largest absolute Gasteiger partial charge is 0.493 e. The van der Waals surface area contributed by atoms with Gasteiger partial charge in [0, 0.05) is 11.0 Å². The third kappa shape index (κ3) is 7.08. The normalized spacial score (nSPS) is 10.4. The van der Waals surface area contributed by atoms with Crippen LogP contribution < -0.4 is 14.8 Å². The van der Waals surface area contributed by atoms with Crippen LogP contribution in [-0.4, -0.2) is 44.8 Å². The second-order valence-corrected chi connectivity index (χ2v) is 7.78. The first-order valence-electron chi connectivity index (χ1n) is 9.90. The van der Waals surface area contributed by atoms with E-state index in [0.717, 1.165) is 10.4 Å². The number of amides is 1. The molecule has 0 spiro atoms. The predicted molar refractivity (Wildman–Crippen MR) is 122 cm³/mol. The van der Waals surface area contributed by atoms with Gasteiger partial charge in [-0.2, -0.15) is 5.26 Å². The summed E-state index contributed by atoms with van der Waals surface area (Å²) in [6, 6.07) is 6.78. The number of esters is 2. The summed E-state index contributed by atoms with van der Waals surface area (Å²) in [6.07, 6.45) is 2.66. The highest BCUT2D eigenvalue weighted by molar-refractivity contribution is 7.16. The molecule has 1 amide bonds. The Hall–Kier alpha value is -3.84. The van der Waals surface area contributed by atoms with Crippen molar-refractivity contribution in [2.45, 2.75) is 20.8 Å². The van der Waals surface area contributed by atoms with Gasteiger partial charge in [0.2, 0.25) is 0 Å². The van der Waals surface area contributed by atoms with Gasteiger partial charge in [0.05, 0.1) is 19.3 Å². The molecule has 10 heteroatoms. The number of thiophene rings is 1. The number of carbonyl (C=O) groups excluding carboxylic acids is 3. The molecule has 2 rings (SSSR count). The third-order valence-electron chi connectivity index (χ3n) is 4.36. The molecule has 0 saturated carbocycles. The molecule has 1 heterocycles. The van der Waals surface area contributed by atoms with Crippen molar-refractivity contribution < 1.29 is 33.3 Å². The molecular formula is C23H24N2O7S. The van der Waals surface area contributed by atoms with Gasteiger partial charge in [0.1, 0.15) is 11.1 Å². The first kappa shape index (κ1) is 25.4. The quantitative estimate of drug-likeness (QED) is 0.410. The maximum absolute atomic E-state index is 12.2. The van der Waals surface area contributed by atoms with Crippen LogP contribution in [0, 0.1) is 25.2 Å². The summed E-state index contributed by atoms with van der Waals surface area (Å²) < 4.78 is 20.5. The second kappa shape index (κ2) is 12.3. The average molecular weight is 473 g/mol. The standard InChI is InChI=1S/C23H24N2O7S/c1-5-30-23(28)21-14(2)15(3)33-22(21)25-19(26)13-32-20(27)9-7-16-6-8-17(31-11-10-24)18(12-16)29-4/h6-9,12H,5,11,13H2,1-4H3,(H,25,26). The monoisotopic (exact) mass is 472 g/mol. The number of ether oxygens (including phenoxy) is 4. The van der Waals surface area contributed by atoms with Crippen LogP contribution >= 0.6 is 11.3 Å². The van der Waals surface area contributed by atoms with E-state index in [9.17, 15) is 14.4 Å². The summed E-state index contributed by atoms with van der Waals surface area (Å²) >= 11 is 1.25. The molecule has 0 aliphatic heterocycles. The van der Waals surface area contributed by atoms with Crippen LogP contribution in [0.2, 0.25) is 0 Å². The Morgan fingerprint density at radius 1 is 1.18 bits per heavy atom. The molecular weight excluding hydrogens is 448 g/mol. The number of hydrogen-bond acceptors (Lipinski definition) is 9. The van der Waals surface area contributed by atoms with E-state index in [4.69, 9.17) is 24.2 Å². The van der Waals surface area contributed by atoms with E-state index < -0.39 is 24.5 Å². The van der Waals surface area contributed by atoms with Gasteiger partial charge in [-0.15, -0.1) is 11.3 Å². The van der Waals surface area contributed by atoms with Gasteiger partial charge in [-0.25, -0.2) is 9.59 Å². The topological polar surface area (TPSA) is 124 Å². The average Bonchev–Trinajstić information content (AvgIpc) is 3.07. The van der Waals surface area contributed by atoms with E-state index in [1.807, 2.05) is 13.0 Å². The zero-order chi connectivity index (χ0) is 24.4.